The van der Waals surface area contributed by atoms with E-state index >= 15 is 0 Å². The maximum absolute atomic E-state index is 12.0. The molecule has 2 unspecified atom stereocenters. The summed E-state index contributed by atoms with van der Waals surface area (Å²) in [7, 11) is 0. The largest absolute Gasteiger partial charge is 0.483 e. The second-order valence-corrected chi connectivity index (χ2v) is 6.25. The smallest absolute Gasteiger partial charge is 0.326 e. The number of ether oxygens (including phenoxy) is 1. The molecule has 0 saturated carbocycles. The molecular weight excluding hydrogens is 294 g/mol. The van der Waals surface area contributed by atoms with Gasteiger partial charge in [0.05, 0.1) is 0 Å². The Morgan fingerprint density at radius 1 is 1.26 bits per heavy atom. The highest BCUT2D eigenvalue weighted by Gasteiger charge is 2.25. The molecule has 2 atom stereocenters. The Kier molecular flexibility index (Phi) is 7.07. The average Bonchev–Trinajstić information content (AvgIpc) is 2.49. The number of aryl methyl sites for hydroxylation is 1. The number of carbonyl (C=O) groups excluding carboxylic acids is 1. The van der Waals surface area contributed by atoms with Gasteiger partial charge in [0.1, 0.15) is 11.8 Å². The highest BCUT2D eigenvalue weighted by molar-refractivity contribution is 5.84. The predicted molar refractivity (Wildman–Crippen MR) is 89.8 cm³/mol. The summed E-state index contributed by atoms with van der Waals surface area (Å²) in [5.41, 5.74) is 2.08. The van der Waals surface area contributed by atoms with Crippen molar-refractivity contribution in [1.82, 2.24) is 5.32 Å². The number of aliphatic carboxylic acids is 1. The van der Waals surface area contributed by atoms with Crippen LogP contribution in [0.3, 0.4) is 0 Å². The first kappa shape index (κ1) is 19.0. The van der Waals surface area contributed by atoms with Gasteiger partial charge in [-0.25, -0.2) is 4.79 Å². The number of carbonyl (C=O) groups is 2. The highest BCUT2D eigenvalue weighted by Crippen LogP contribution is 2.27. The van der Waals surface area contributed by atoms with Gasteiger partial charge in [0, 0.05) is 0 Å². The van der Waals surface area contributed by atoms with E-state index in [0.29, 0.717) is 12.2 Å². The van der Waals surface area contributed by atoms with Crippen LogP contribution in [0, 0.1) is 12.8 Å². The minimum Gasteiger partial charge on any atom is -0.483 e. The van der Waals surface area contributed by atoms with Crippen LogP contribution in [0.25, 0.3) is 0 Å². The van der Waals surface area contributed by atoms with E-state index in [0.717, 1.165) is 11.1 Å². The summed E-state index contributed by atoms with van der Waals surface area (Å²) in [6.07, 6.45) is 0.674. The van der Waals surface area contributed by atoms with Crippen molar-refractivity contribution in [1.29, 1.82) is 0 Å². The summed E-state index contributed by atoms with van der Waals surface area (Å²) in [6.45, 7) is 9.58. The van der Waals surface area contributed by atoms with Crippen molar-refractivity contribution in [2.75, 3.05) is 6.61 Å². The minimum absolute atomic E-state index is 0.137. The predicted octanol–water partition coefficient (Wildman–Crippen LogP) is 3.11. The Morgan fingerprint density at radius 2 is 1.91 bits per heavy atom. The maximum Gasteiger partial charge on any atom is 0.326 e. The minimum atomic E-state index is -1.02. The lowest BCUT2D eigenvalue weighted by molar-refractivity contribution is -0.143. The van der Waals surface area contributed by atoms with E-state index in [9.17, 15) is 14.7 Å². The normalized spacial score (nSPS) is 13.5. The summed E-state index contributed by atoms with van der Waals surface area (Å²) in [4.78, 5) is 23.3. The van der Waals surface area contributed by atoms with Crippen LogP contribution in [0.2, 0.25) is 0 Å². The molecule has 0 spiro atoms. The molecule has 0 aliphatic heterocycles. The standard InChI is InChI=1S/C18H27NO4/c1-6-13(5)17(18(21)22)19-16(20)10-23-15-9-12(4)7-8-14(15)11(2)3/h7-9,11,13,17H,6,10H2,1-5H3,(H,19,20)(H,21,22). The molecule has 0 aliphatic carbocycles. The molecule has 1 aromatic carbocycles. The van der Waals surface area contributed by atoms with Crippen molar-refractivity contribution < 1.29 is 19.4 Å². The van der Waals surface area contributed by atoms with E-state index < -0.39 is 17.9 Å². The third-order valence-electron chi connectivity index (χ3n) is 3.95. The van der Waals surface area contributed by atoms with Crippen molar-refractivity contribution in [3.63, 3.8) is 0 Å². The third kappa shape index (κ3) is 5.58. The number of hydrogen-bond acceptors (Lipinski definition) is 3. The summed E-state index contributed by atoms with van der Waals surface area (Å²) >= 11 is 0. The van der Waals surface area contributed by atoms with Crippen LogP contribution in [-0.2, 0) is 9.59 Å². The summed E-state index contributed by atoms with van der Waals surface area (Å²) < 4.78 is 5.63. The van der Waals surface area contributed by atoms with Gasteiger partial charge >= 0.3 is 5.97 Å². The molecule has 5 nitrogen and oxygen atoms in total. The first-order valence-electron chi connectivity index (χ1n) is 8.01. The molecule has 23 heavy (non-hydrogen) atoms. The number of rotatable bonds is 8. The average molecular weight is 321 g/mol. The van der Waals surface area contributed by atoms with Crippen molar-refractivity contribution in [3.05, 3.63) is 29.3 Å². The van der Waals surface area contributed by atoms with E-state index in [4.69, 9.17) is 4.74 Å². The van der Waals surface area contributed by atoms with E-state index in [1.807, 2.05) is 32.0 Å². The monoisotopic (exact) mass is 321 g/mol. The number of carboxylic acid groups (broad SMARTS) is 1. The molecule has 0 aromatic heterocycles. The molecule has 0 heterocycles. The zero-order valence-electron chi connectivity index (χ0n) is 14.6. The van der Waals surface area contributed by atoms with Crippen LogP contribution in [0.4, 0.5) is 0 Å². The van der Waals surface area contributed by atoms with Gasteiger partial charge in [-0.05, 0) is 36.0 Å². The van der Waals surface area contributed by atoms with Crippen molar-refractivity contribution >= 4 is 11.9 Å². The van der Waals surface area contributed by atoms with Crippen LogP contribution in [0.5, 0.6) is 5.75 Å². The maximum atomic E-state index is 12.0. The van der Waals surface area contributed by atoms with Crippen LogP contribution in [0.15, 0.2) is 18.2 Å². The van der Waals surface area contributed by atoms with Crippen molar-refractivity contribution in [2.24, 2.45) is 5.92 Å². The molecular formula is C18H27NO4. The second kappa shape index (κ2) is 8.56. The second-order valence-electron chi connectivity index (χ2n) is 6.25. The van der Waals surface area contributed by atoms with Crippen molar-refractivity contribution in [3.8, 4) is 5.75 Å². The fourth-order valence-electron chi connectivity index (χ4n) is 2.29. The van der Waals surface area contributed by atoms with Crippen LogP contribution in [0.1, 0.15) is 51.2 Å². The van der Waals surface area contributed by atoms with E-state index in [2.05, 4.69) is 19.2 Å². The molecule has 0 saturated heterocycles. The Balaban J connectivity index is 2.73. The van der Waals surface area contributed by atoms with E-state index in [1.54, 1.807) is 6.92 Å². The third-order valence-corrected chi connectivity index (χ3v) is 3.95. The lowest BCUT2D eigenvalue weighted by Gasteiger charge is -2.20. The number of amides is 1. The fraction of sp³-hybridized carbons (Fsp3) is 0.556. The van der Waals surface area contributed by atoms with Crippen molar-refractivity contribution in [2.45, 2.75) is 53.0 Å². The number of benzene rings is 1. The van der Waals surface area contributed by atoms with Gasteiger partial charge in [-0.3, -0.25) is 4.79 Å². The lowest BCUT2D eigenvalue weighted by atomic mass is 9.99. The molecule has 1 aromatic rings. The van der Waals surface area contributed by atoms with E-state index in [1.165, 1.54) is 0 Å². The van der Waals surface area contributed by atoms with Gasteiger partial charge in [-0.2, -0.15) is 0 Å². The topological polar surface area (TPSA) is 75.6 Å². The van der Waals surface area contributed by atoms with Gasteiger partial charge in [-0.1, -0.05) is 46.2 Å². The molecule has 2 N–H and O–H groups in total. The Hall–Kier alpha value is -2.04. The molecule has 0 bridgehead atoms. The molecule has 5 heteroatoms. The zero-order chi connectivity index (χ0) is 17.6. The summed E-state index contributed by atoms with van der Waals surface area (Å²) in [5.74, 6) is -0.632. The molecule has 0 radical (unpaired) electrons. The van der Waals surface area contributed by atoms with Gasteiger partial charge in [0.25, 0.3) is 5.91 Å². The van der Waals surface area contributed by atoms with Gasteiger partial charge < -0.3 is 15.2 Å². The van der Waals surface area contributed by atoms with E-state index in [-0.39, 0.29) is 18.4 Å². The first-order chi connectivity index (χ1) is 10.8. The van der Waals surface area contributed by atoms with Crippen LogP contribution < -0.4 is 10.1 Å². The first-order valence-corrected chi connectivity index (χ1v) is 8.01. The number of carboxylic acids is 1. The lowest BCUT2D eigenvalue weighted by Crippen LogP contribution is -2.46. The highest BCUT2D eigenvalue weighted by atomic mass is 16.5. The Labute approximate surface area is 138 Å². The van der Waals surface area contributed by atoms with Gasteiger partial charge in [0.15, 0.2) is 6.61 Å². The SMILES string of the molecule is CCC(C)C(NC(=O)COc1cc(C)ccc1C(C)C)C(=O)O. The Bertz CT molecular complexity index is 554. The fourth-order valence-corrected chi connectivity index (χ4v) is 2.29. The van der Waals surface area contributed by atoms with Crippen LogP contribution >= 0.6 is 0 Å². The number of nitrogens with one attached hydrogen (secondary N) is 1. The molecule has 1 amide bonds. The molecule has 128 valence electrons. The molecule has 1 rings (SSSR count). The van der Waals surface area contributed by atoms with Crippen LogP contribution in [-0.4, -0.2) is 29.6 Å². The summed E-state index contributed by atoms with van der Waals surface area (Å²) in [6, 6.07) is 5.00. The summed E-state index contributed by atoms with van der Waals surface area (Å²) in [5, 5.41) is 11.7. The number of hydrogen-bond donors (Lipinski definition) is 2. The molecule has 0 aliphatic rings. The zero-order valence-corrected chi connectivity index (χ0v) is 14.6. The van der Waals surface area contributed by atoms with Gasteiger partial charge in [0.2, 0.25) is 0 Å². The Morgan fingerprint density at radius 3 is 2.43 bits per heavy atom. The van der Waals surface area contributed by atoms with Gasteiger partial charge in [-0.15, -0.1) is 0 Å². The molecule has 0 fully saturated rings. The quantitative estimate of drug-likeness (QED) is 0.771.